The Morgan fingerprint density at radius 3 is 2.89 bits per heavy atom. The van der Waals surface area contributed by atoms with Crippen LogP contribution < -0.4 is 5.32 Å². The molecular formula is C14H17N3S. The molecule has 3 nitrogen and oxygen atoms in total. The van der Waals surface area contributed by atoms with Gasteiger partial charge in [-0.1, -0.05) is 18.2 Å². The van der Waals surface area contributed by atoms with Crippen molar-refractivity contribution in [1.82, 2.24) is 10.2 Å². The molecule has 1 aromatic heterocycles. The molecule has 0 aliphatic carbocycles. The van der Waals surface area contributed by atoms with E-state index < -0.39 is 0 Å². The molecule has 0 saturated heterocycles. The molecular weight excluding hydrogens is 242 g/mol. The first-order valence-corrected chi connectivity index (χ1v) is 6.84. The predicted molar refractivity (Wildman–Crippen MR) is 76.7 cm³/mol. The third-order valence-corrected chi connectivity index (χ3v) is 3.84. The molecule has 1 unspecified atom stereocenters. The van der Waals surface area contributed by atoms with Gasteiger partial charge in [-0.05, 0) is 30.9 Å². The highest BCUT2D eigenvalue weighted by Gasteiger charge is 2.14. The molecule has 0 spiro atoms. The first-order valence-electron chi connectivity index (χ1n) is 5.96. The Kier molecular flexibility index (Phi) is 4.32. The van der Waals surface area contributed by atoms with Gasteiger partial charge in [0, 0.05) is 23.4 Å². The van der Waals surface area contributed by atoms with Crippen LogP contribution in [0.4, 0.5) is 0 Å². The maximum absolute atomic E-state index is 9.30. The van der Waals surface area contributed by atoms with Gasteiger partial charge in [0.2, 0.25) is 0 Å². The van der Waals surface area contributed by atoms with E-state index in [0.29, 0.717) is 0 Å². The normalized spacial score (nSPS) is 12.8. The molecule has 2 aromatic rings. The van der Waals surface area contributed by atoms with Gasteiger partial charge in [-0.15, -0.1) is 11.3 Å². The van der Waals surface area contributed by atoms with Crippen LogP contribution in [0.15, 0.2) is 29.6 Å². The lowest BCUT2D eigenvalue weighted by molar-refractivity contribution is 0.395. The zero-order valence-corrected chi connectivity index (χ0v) is 11.5. The fourth-order valence-electron chi connectivity index (χ4n) is 1.88. The number of fused-ring (bicyclic) bond motifs is 1. The molecule has 0 saturated carbocycles. The lowest BCUT2D eigenvalue weighted by Crippen LogP contribution is -2.29. The number of benzene rings is 1. The van der Waals surface area contributed by atoms with Crippen LogP contribution >= 0.6 is 11.3 Å². The van der Waals surface area contributed by atoms with E-state index in [9.17, 15) is 5.26 Å². The van der Waals surface area contributed by atoms with E-state index in [2.05, 4.69) is 33.8 Å². The van der Waals surface area contributed by atoms with E-state index in [1.165, 1.54) is 10.1 Å². The monoisotopic (exact) mass is 259 g/mol. The molecule has 1 heterocycles. The van der Waals surface area contributed by atoms with Crippen molar-refractivity contribution >= 4 is 21.4 Å². The van der Waals surface area contributed by atoms with Crippen molar-refractivity contribution in [2.75, 3.05) is 27.2 Å². The summed E-state index contributed by atoms with van der Waals surface area (Å²) in [5, 5.41) is 15.9. The molecule has 94 valence electrons. The molecule has 0 amide bonds. The minimum atomic E-state index is -0.221. The maximum Gasteiger partial charge on any atom is 0.122 e. The van der Waals surface area contributed by atoms with Gasteiger partial charge >= 0.3 is 0 Å². The molecule has 4 heteroatoms. The van der Waals surface area contributed by atoms with Gasteiger partial charge in [0.15, 0.2) is 0 Å². The van der Waals surface area contributed by atoms with Crippen molar-refractivity contribution in [2.45, 2.75) is 6.04 Å². The first-order chi connectivity index (χ1) is 8.72. The van der Waals surface area contributed by atoms with E-state index in [-0.39, 0.29) is 6.04 Å². The van der Waals surface area contributed by atoms with Gasteiger partial charge in [-0.25, -0.2) is 0 Å². The number of nitrogens with zero attached hydrogens (tertiary/aromatic N) is 2. The lowest BCUT2D eigenvalue weighted by Gasteiger charge is -2.14. The Bertz CT molecular complexity index is 553. The fourth-order valence-corrected chi connectivity index (χ4v) is 2.87. The molecule has 0 bridgehead atoms. The Morgan fingerprint density at radius 1 is 1.39 bits per heavy atom. The highest BCUT2D eigenvalue weighted by atomic mass is 32.1. The van der Waals surface area contributed by atoms with E-state index in [1.807, 2.05) is 26.2 Å². The van der Waals surface area contributed by atoms with Crippen molar-refractivity contribution in [3.8, 4) is 6.07 Å². The van der Waals surface area contributed by atoms with Gasteiger partial charge in [0.25, 0.3) is 0 Å². The van der Waals surface area contributed by atoms with Gasteiger partial charge < -0.3 is 4.90 Å². The van der Waals surface area contributed by atoms with Crippen molar-refractivity contribution < 1.29 is 0 Å². The standard InChI is InChI=1S/C14H17N3S/c1-17(2)8-7-16-13(9-15)12-10-18-14-6-4-3-5-11(12)14/h3-6,10,13,16H,7-8H2,1-2H3. The van der Waals surface area contributed by atoms with Crippen LogP contribution in [0, 0.1) is 11.3 Å². The summed E-state index contributed by atoms with van der Waals surface area (Å²) in [4.78, 5) is 2.10. The molecule has 1 aromatic carbocycles. The van der Waals surface area contributed by atoms with Crippen LogP contribution in [0.3, 0.4) is 0 Å². The van der Waals surface area contributed by atoms with Crippen LogP contribution in [0.2, 0.25) is 0 Å². The Labute approximate surface area is 112 Å². The van der Waals surface area contributed by atoms with Crippen LogP contribution in [0.5, 0.6) is 0 Å². The van der Waals surface area contributed by atoms with Crippen molar-refractivity contribution in [3.05, 3.63) is 35.2 Å². The minimum Gasteiger partial charge on any atom is -0.308 e. The summed E-state index contributed by atoms with van der Waals surface area (Å²) >= 11 is 1.70. The van der Waals surface area contributed by atoms with Gasteiger partial charge in [-0.2, -0.15) is 5.26 Å². The Hall–Kier alpha value is -1.41. The largest absolute Gasteiger partial charge is 0.308 e. The highest BCUT2D eigenvalue weighted by Crippen LogP contribution is 2.29. The van der Waals surface area contributed by atoms with Crippen LogP contribution in [0.25, 0.3) is 10.1 Å². The molecule has 0 radical (unpaired) electrons. The molecule has 0 aliphatic heterocycles. The summed E-state index contributed by atoms with van der Waals surface area (Å²) < 4.78 is 1.24. The Morgan fingerprint density at radius 2 is 2.17 bits per heavy atom. The van der Waals surface area contributed by atoms with E-state index >= 15 is 0 Å². The summed E-state index contributed by atoms with van der Waals surface area (Å²) in [6.45, 7) is 1.75. The quantitative estimate of drug-likeness (QED) is 0.897. The van der Waals surface area contributed by atoms with Crippen molar-refractivity contribution in [1.29, 1.82) is 5.26 Å². The minimum absolute atomic E-state index is 0.221. The van der Waals surface area contributed by atoms with Gasteiger partial charge in [0.05, 0.1) is 6.07 Å². The summed E-state index contributed by atoms with van der Waals surface area (Å²) in [5.74, 6) is 0. The molecule has 1 atom stereocenters. The summed E-state index contributed by atoms with van der Waals surface area (Å²) in [5.41, 5.74) is 1.09. The van der Waals surface area contributed by atoms with E-state index in [4.69, 9.17) is 0 Å². The van der Waals surface area contributed by atoms with Crippen LogP contribution in [0.1, 0.15) is 11.6 Å². The SMILES string of the molecule is CN(C)CCNC(C#N)c1csc2ccccc12. The average molecular weight is 259 g/mol. The number of hydrogen-bond acceptors (Lipinski definition) is 4. The Balaban J connectivity index is 2.15. The second kappa shape index (κ2) is 5.96. The molecule has 2 rings (SSSR count). The van der Waals surface area contributed by atoms with Crippen molar-refractivity contribution in [2.24, 2.45) is 0 Å². The number of likely N-dealkylation sites (N-methyl/N-ethyl adjacent to an activating group) is 1. The second-order valence-corrected chi connectivity index (χ2v) is 5.42. The third-order valence-electron chi connectivity index (χ3n) is 2.86. The summed E-state index contributed by atoms with van der Waals surface area (Å²) in [6.07, 6.45) is 0. The second-order valence-electron chi connectivity index (χ2n) is 4.51. The zero-order chi connectivity index (χ0) is 13.0. The number of nitriles is 1. The van der Waals surface area contributed by atoms with Gasteiger partial charge in [0.1, 0.15) is 6.04 Å². The van der Waals surface area contributed by atoms with Crippen molar-refractivity contribution in [3.63, 3.8) is 0 Å². The number of rotatable bonds is 5. The van der Waals surface area contributed by atoms with Crippen LogP contribution in [-0.2, 0) is 0 Å². The number of thiophene rings is 1. The fraction of sp³-hybridized carbons (Fsp3) is 0.357. The molecule has 18 heavy (non-hydrogen) atoms. The topological polar surface area (TPSA) is 39.1 Å². The van der Waals surface area contributed by atoms with Crippen LogP contribution in [-0.4, -0.2) is 32.1 Å². The highest BCUT2D eigenvalue weighted by molar-refractivity contribution is 7.17. The number of hydrogen-bond donors (Lipinski definition) is 1. The average Bonchev–Trinajstić information content (AvgIpc) is 2.78. The lowest BCUT2D eigenvalue weighted by atomic mass is 10.1. The molecule has 0 fully saturated rings. The van der Waals surface area contributed by atoms with E-state index in [1.54, 1.807) is 11.3 Å². The van der Waals surface area contributed by atoms with Gasteiger partial charge in [-0.3, -0.25) is 5.32 Å². The summed E-state index contributed by atoms with van der Waals surface area (Å²) in [6, 6.07) is 10.4. The number of nitrogens with one attached hydrogen (secondary N) is 1. The predicted octanol–water partition coefficient (Wildman–Crippen LogP) is 2.62. The smallest absolute Gasteiger partial charge is 0.122 e. The summed E-state index contributed by atoms with van der Waals surface area (Å²) in [7, 11) is 4.06. The molecule has 0 aliphatic rings. The third kappa shape index (κ3) is 2.88. The zero-order valence-electron chi connectivity index (χ0n) is 10.7. The van der Waals surface area contributed by atoms with E-state index in [0.717, 1.165) is 18.7 Å². The first kappa shape index (κ1) is 13.0. The maximum atomic E-state index is 9.30. The molecule has 1 N–H and O–H groups in total.